The molecule has 4 rings (SSSR count). The Balaban J connectivity index is 1.42. The molecular weight excluding hydrogens is 308 g/mol. The Hall–Kier alpha value is -1.66. The quantitative estimate of drug-likeness (QED) is 0.866. The molecule has 6 heteroatoms. The molecule has 1 fully saturated rings. The van der Waals surface area contributed by atoms with E-state index in [1.165, 1.54) is 16.0 Å². The fraction of sp³-hybridized carbons (Fsp3) is 0.529. The van der Waals surface area contributed by atoms with E-state index < -0.39 is 0 Å². The van der Waals surface area contributed by atoms with Crippen LogP contribution in [0.25, 0.3) is 0 Å². The summed E-state index contributed by atoms with van der Waals surface area (Å²) in [6.07, 6.45) is 7.29. The van der Waals surface area contributed by atoms with Crippen molar-refractivity contribution >= 4 is 17.2 Å². The van der Waals surface area contributed by atoms with Gasteiger partial charge in [0.15, 0.2) is 0 Å². The molecule has 122 valence electrons. The zero-order chi connectivity index (χ0) is 15.8. The first-order valence-corrected chi connectivity index (χ1v) is 9.14. The molecule has 0 spiro atoms. The SMILES string of the molecule is Cn1cc([C@@H]2CCCN2CC(=O)N2CCc3sccc3C2)cn1. The summed E-state index contributed by atoms with van der Waals surface area (Å²) in [6.45, 7) is 3.17. The number of rotatable bonds is 3. The largest absolute Gasteiger partial charge is 0.337 e. The highest BCUT2D eigenvalue weighted by atomic mass is 32.1. The average molecular weight is 330 g/mol. The smallest absolute Gasteiger partial charge is 0.237 e. The number of hydrogen-bond acceptors (Lipinski definition) is 4. The monoisotopic (exact) mass is 330 g/mol. The summed E-state index contributed by atoms with van der Waals surface area (Å²) in [5.41, 5.74) is 2.57. The zero-order valence-electron chi connectivity index (χ0n) is 13.4. The summed E-state index contributed by atoms with van der Waals surface area (Å²) < 4.78 is 1.84. The van der Waals surface area contributed by atoms with Crippen molar-refractivity contribution in [3.05, 3.63) is 39.8 Å². The number of thiophene rings is 1. The third-order valence-corrected chi connectivity index (χ3v) is 6.00. The lowest BCUT2D eigenvalue weighted by Crippen LogP contribution is -2.42. The molecule has 0 aliphatic carbocycles. The molecule has 4 heterocycles. The van der Waals surface area contributed by atoms with Crippen LogP contribution in [0.4, 0.5) is 0 Å². The molecule has 0 aromatic carbocycles. The van der Waals surface area contributed by atoms with Crippen molar-refractivity contribution < 1.29 is 4.79 Å². The number of aryl methyl sites for hydroxylation is 1. The number of carbonyl (C=O) groups is 1. The minimum atomic E-state index is 0.262. The van der Waals surface area contributed by atoms with Crippen LogP contribution in [0, 0.1) is 0 Å². The van der Waals surface area contributed by atoms with Gasteiger partial charge in [-0.05, 0) is 42.8 Å². The number of nitrogens with zero attached hydrogens (tertiary/aromatic N) is 4. The second-order valence-corrected chi connectivity index (χ2v) is 7.51. The zero-order valence-corrected chi connectivity index (χ0v) is 14.3. The maximum atomic E-state index is 12.7. The molecule has 0 radical (unpaired) electrons. The van der Waals surface area contributed by atoms with Crippen LogP contribution in [0.2, 0.25) is 0 Å². The number of amides is 1. The Morgan fingerprint density at radius 3 is 3.17 bits per heavy atom. The third-order valence-electron chi connectivity index (χ3n) is 4.97. The normalized spacial score (nSPS) is 21.6. The van der Waals surface area contributed by atoms with Crippen LogP contribution in [0.1, 0.15) is 34.9 Å². The minimum Gasteiger partial charge on any atom is -0.337 e. The van der Waals surface area contributed by atoms with Crippen molar-refractivity contribution in [3.63, 3.8) is 0 Å². The van der Waals surface area contributed by atoms with Gasteiger partial charge in [0.05, 0.1) is 12.7 Å². The fourth-order valence-corrected chi connectivity index (χ4v) is 4.63. The molecule has 0 unspecified atom stereocenters. The number of likely N-dealkylation sites (tertiary alicyclic amines) is 1. The van der Waals surface area contributed by atoms with E-state index in [2.05, 4.69) is 27.6 Å². The summed E-state index contributed by atoms with van der Waals surface area (Å²) in [7, 11) is 1.94. The van der Waals surface area contributed by atoms with E-state index in [1.807, 2.05) is 34.2 Å². The van der Waals surface area contributed by atoms with Crippen LogP contribution in [0.5, 0.6) is 0 Å². The fourth-order valence-electron chi connectivity index (χ4n) is 3.74. The van der Waals surface area contributed by atoms with Gasteiger partial charge in [-0.2, -0.15) is 5.10 Å². The topological polar surface area (TPSA) is 41.4 Å². The van der Waals surface area contributed by atoms with E-state index in [4.69, 9.17) is 0 Å². The minimum absolute atomic E-state index is 0.262. The Morgan fingerprint density at radius 2 is 2.35 bits per heavy atom. The second kappa shape index (κ2) is 6.09. The van der Waals surface area contributed by atoms with Gasteiger partial charge in [0, 0.05) is 42.8 Å². The van der Waals surface area contributed by atoms with Crippen molar-refractivity contribution in [2.24, 2.45) is 7.05 Å². The van der Waals surface area contributed by atoms with Crippen LogP contribution in [-0.2, 0) is 24.8 Å². The molecule has 2 aliphatic rings. The van der Waals surface area contributed by atoms with Crippen molar-refractivity contribution in [2.75, 3.05) is 19.6 Å². The first-order valence-electron chi connectivity index (χ1n) is 8.26. The second-order valence-electron chi connectivity index (χ2n) is 6.51. The predicted octanol–water partition coefficient (Wildman–Crippen LogP) is 2.20. The average Bonchev–Trinajstić information content (AvgIpc) is 3.26. The maximum absolute atomic E-state index is 12.7. The summed E-state index contributed by atoms with van der Waals surface area (Å²) in [5.74, 6) is 0.262. The van der Waals surface area contributed by atoms with Gasteiger partial charge in [0.1, 0.15) is 0 Å². The first-order chi connectivity index (χ1) is 11.2. The van der Waals surface area contributed by atoms with Gasteiger partial charge in [0.2, 0.25) is 5.91 Å². The van der Waals surface area contributed by atoms with Crippen LogP contribution in [0.15, 0.2) is 23.8 Å². The lowest BCUT2D eigenvalue weighted by molar-refractivity contribution is -0.133. The summed E-state index contributed by atoms with van der Waals surface area (Å²) in [6, 6.07) is 2.50. The lowest BCUT2D eigenvalue weighted by atomic mass is 10.1. The van der Waals surface area contributed by atoms with Crippen molar-refractivity contribution in [2.45, 2.75) is 31.8 Å². The van der Waals surface area contributed by atoms with Gasteiger partial charge >= 0.3 is 0 Å². The van der Waals surface area contributed by atoms with Crippen LogP contribution < -0.4 is 0 Å². The third kappa shape index (κ3) is 2.93. The molecule has 1 amide bonds. The Bertz CT molecular complexity index is 707. The first kappa shape index (κ1) is 14.9. The van der Waals surface area contributed by atoms with Crippen molar-refractivity contribution in [1.82, 2.24) is 19.6 Å². The Labute approximate surface area is 140 Å². The van der Waals surface area contributed by atoms with Gasteiger partial charge in [0.25, 0.3) is 0 Å². The molecule has 23 heavy (non-hydrogen) atoms. The molecule has 1 atom stereocenters. The molecule has 1 saturated heterocycles. The molecule has 2 aromatic heterocycles. The van der Waals surface area contributed by atoms with E-state index in [-0.39, 0.29) is 5.91 Å². The molecule has 2 aliphatic heterocycles. The summed E-state index contributed by atoms with van der Waals surface area (Å²) in [5, 5.41) is 6.42. The number of aromatic nitrogens is 2. The van der Waals surface area contributed by atoms with Crippen molar-refractivity contribution in [1.29, 1.82) is 0 Å². The van der Waals surface area contributed by atoms with Crippen LogP contribution >= 0.6 is 11.3 Å². The van der Waals surface area contributed by atoms with E-state index >= 15 is 0 Å². The lowest BCUT2D eigenvalue weighted by Gasteiger charge is -2.30. The highest BCUT2D eigenvalue weighted by Gasteiger charge is 2.30. The van der Waals surface area contributed by atoms with Gasteiger partial charge in [-0.25, -0.2) is 0 Å². The van der Waals surface area contributed by atoms with Crippen molar-refractivity contribution in [3.8, 4) is 0 Å². The maximum Gasteiger partial charge on any atom is 0.237 e. The van der Waals surface area contributed by atoms with Gasteiger partial charge in [-0.1, -0.05) is 0 Å². The van der Waals surface area contributed by atoms with Crippen LogP contribution in [0.3, 0.4) is 0 Å². The highest BCUT2D eigenvalue weighted by Crippen LogP contribution is 2.31. The number of hydrogen-bond donors (Lipinski definition) is 0. The van der Waals surface area contributed by atoms with Gasteiger partial charge in [-0.15, -0.1) is 11.3 Å². The van der Waals surface area contributed by atoms with Gasteiger partial charge < -0.3 is 4.90 Å². The van der Waals surface area contributed by atoms with Gasteiger partial charge in [-0.3, -0.25) is 14.4 Å². The van der Waals surface area contributed by atoms with E-state index in [0.29, 0.717) is 12.6 Å². The molecule has 0 N–H and O–H groups in total. The van der Waals surface area contributed by atoms with E-state index in [9.17, 15) is 4.79 Å². The molecular formula is C17H22N4OS. The summed E-state index contributed by atoms with van der Waals surface area (Å²) >= 11 is 1.81. The standard InChI is InChI=1S/C17H22N4OS/c1-19-10-14(9-18-19)15-3-2-6-20(15)12-17(22)21-7-4-16-13(11-21)5-8-23-16/h5,8-10,15H,2-4,6-7,11-12H2,1H3/t15-/m0/s1. The number of fused-ring (bicyclic) bond motifs is 1. The summed E-state index contributed by atoms with van der Waals surface area (Å²) in [4.78, 5) is 18.5. The molecule has 5 nitrogen and oxygen atoms in total. The number of carbonyl (C=O) groups excluding carboxylic acids is 1. The molecule has 2 aromatic rings. The Kier molecular flexibility index (Phi) is 3.95. The Morgan fingerprint density at radius 1 is 1.43 bits per heavy atom. The van der Waals surface area contributed by atoms with E-state index in [1.54, 1.807) is 0 Å². The molecule has 0 bridgehead atoms. The predicted molar refractivity (Wildman–Crippen MR) is 90.2 cm³/mol. The van der Waals surface area contributed by atoms with E-state index in [0.717, 1.165) is 38.9 Å². The highest BCUT2D eigenvalue weighted by molar-refractivity contribution is 7.10. The van der Waals surface area contributed by atoms with Crippen LogP contribution in [-0.4, -0.2) is 45.1 Å². The molecule has 0 saturated carbocycles.